The van der Waals surface area contributed by atoms with Gasteiger partial charge < -0.3 is 0 Å². The van der Waals surface area contributed by atoms with Crippen LogP contribution in [0, 0.1) is 0 Å². The average molecular weight is 438 g/mol. The maximum Gasteiger partial charge on any atom is 0.416 e. The molecule has 1 aromatic carbocycles. The standard InChI is InChI=1S/C11H6BrCl2F3N2O2S/c1-22(20,21)8-4-19(18-10(8)12)9-6(13)2-5(3-7(9)14)11(15,16)17/h2-4H,1H3. The molecule has 0 saturated carbocycles. The maximum atomic E-state index is 12.7. The van der Waals surface area contributed by atoms with Gasteiger partial charge in [-0.2, -0.15) is 18.3 Å². The zero-order valence-corrected chi connectivity index (χ0v) is 14.5. The normalized spacial score (nSPS) is 12.7. The molecular formula is C11H6BrCl2F3N2O2S. The van der Waals surface area contributed by atoms with Crippen LogP contribution in [-0.2, 0) is 16.0 Å². The molecule has 1 heterocycles. The Morgan fingerprint density at radius 1 is 1.23 bits per heavy atom. The molecule has 0 aliphatic carbocycles. The van der Waals surface area contributed by atoms with Gasteiger partial charge in [0.2, 0.25) is 0 Å². The number of halogens is 6. The Morgan fingerprint density at radius 3 is 2.09 bits per heavy atom. The molecular weight excluding hydrogens is 432 g/mol. The van der Waals surface area contributed by atoms with Crippen LogP contribution in [0.1, 0.15) is 5.56 Å². The van der Waals surface area contributed by atoms with Gasteiger partial charge in [-0.15, -0.1) is 0 Å². The molecule has 0 fully saturated rings. The number of hydrogen-bond donors (Lipinski definition) is 0. The third-order valence-electron chi connectivity index (χ3n) is 2.61. The minimum atomic E-state index is -4.60. The summed E-state index contributed by atoms with van der Waals surface area (Å²) in [7, 11) is -3.57. The molecule has 4 nitrogen and oxygen atoms in total. The van der Waals surface area contributed by atoms with Gasteiger partial charge in [-0.3, -0.25) is 0 Å². The second-order valence-corrected chi connectivity index (χ2v) is 7.84. The monoisotopic (exact) mass is 436 g/mol. The van der Waals surface area contributed by atoms with Crippen molar-refractivity contribution in [3.63, 3.8) is 0 Å². The molecule has 0 N–H and O–H groups in total. The average Bonchev–Trinajstić information content (AvgIpc) is 2.68. The number of aromatic nitrogens is 2. The van der Waals surface area contributed by atoms with Gasteiger partial charge in [0.25, 0.3) is 0 Å². The second-order valence-electron chi connectivity index (χ2n) is 4.29. The van der Waals surface area contributed by atoms with Gasteiger partial charge >= 0.3 is 6.18 Å². The van der Waals surface area contributed by atoms with Crippen LogP contribution < -0.4 is 0 Å². The molecule has 120 valence electrons. The first kappa shape index (κ1) is 17.6. The van der Waals surface area contributed by atoms with E-state index in [1.54, 1.807) is 0 Å². The number of rotatable bonds is 2. The Kier molecular flexibility index (Phi) is 4.55. The van der Waals surface area contributed by atoms with Crippen LogP contribution in [-0.4, -0.2) is 24.5 Å². The van der Waals surface area contributed by atoms with Gasteiger partial charge in [0.05, 0.1) is 21.8 Å². The molecule has 0 spiro atoms. The highest BCUT2D eigenvalue weighted by Gasteiger charge is 2.32. The molecule has 0 aliphatic heterocycles. The highest BCUT2D eigenvalue weighted by Crippen LogP contribution is 2.38. The number of nitrogens with zero attached hydrogens (tertiary/aromatic N) is 2. The lowest BCUT2D eigenvalue weighted by Crippen LogP contribution is -2.07. The first-order chi connectivity index (χ1) is 9.91. The van der Waals surface area contributed by atoms with E-state index in [1.165, 1.54) is 0 Å². The summed E-state index contributed by atoms with van der Waals surface area (Å²) in [5, 5.41) is 3.24. The van der Waals surface area contributed by atoms with Gasteiger partial charge in [0.1, 0.15) is 15.2 Å². The van der Waals surface area contributed by atoms with Crippen LogP contribution in [0.4, 0.5) is 13.2 Å². The van der Waals surface area contributed by atoms with Crippen LogP contribution in [0.5, 0.6) is 0 Å². The van der Waals surface area contributed by atoms with Gasteiger partial charge in [-0.05, 0) is 28.1 Å². The maximum absolute atomic E-state index is 12.7. The Hall–Kier alpha value is -0.770. The number of sulfone groups is 1. The Morgan fingerprint density at radius 2 is 1.73 bits per heavy atom. The van der Waals surface area contributed by atoms with Crippen LogP contribution in [0.15, 0.2) is 27.8 Å². The number of alkyl halides is 3. The summed E-state index contributed by atoms with van der Waals surface area (Å²) in [6.07, 6.45) is -2.52. The van der Waals surface area contributed by atoms with E-state index in [-0.39, 0.29) is 25.2 Å². The fourth-order valence-corrected chi connectivity index (χ4v) is 4.10. The summed E-state index contributed by atoms with van der Waals surface area (Å²) in [5.74, 6) is 0. The fraction of sp³-hybridized carbons (Fsp3) is 0.182. The van der Waals surface area contributed by atoms with Crippen molar-refractivity contribution in [2.24, 2.45) is 0 Å². The first-order valence-electron chi connectivity index (χ1n) is 5.43. The van der Waals surface area contributed by atoms with E-state index in [2.05, 4.69) is 21.0 Å². The third-order valence-corrected chi connectivity index (χ3v) is 5.13. The topological polar surface area (TPSA) is 52.0 Å². The van der Waals surface area contributed by atoms with E-state index in [0.717, 1.165) is 17.1 Å². The highest BCUT2D eigenvalue weighted by molar-refractivity contribution is 9.10. The molecule has 0 unspecified atom stereocenters. The van der Waals surface area contributed by atoms with E-state index in [1.807, 2.05) is 0 Å². The van der Waals surface area contributed by atoms with Crippen LogP contribution in [0.25, 0.3) is 5.69 Å². The molecule has 1 aromatic heterocycles. The van der Waals surface area contributed by atoms with Crippen molar-refractivity contribution in [3.05, 3.63) is 38.5 Å². The Bertz CT molecular complexity index is 827. The molecule has 22 heavy (non-hydrogen) atoms. The summed E-state index contributed by atoms with van der Waals surface area (Å²) in [5.41, 5.74) is -1.06. The van der Waals surface area contributed by atoms with E-state index in [9.17, 15) is 21.6 Å². The summed E-state index contributed by atoms with van der Waals surface area (Å²) < 4.78 is 62.2. The van der Waals surface area contributed by atoms with Gasteiger partial charge in [0, 0.05) is 6.26 Å². The molecule has 0 aliphatic rings. The lowest BCUT2D eigenvalue weighted by atomic mass is 10.2. The lowest BCUT2D eigenvalue weighted by Gasteiger charge is -2.12. The second kappa shape index (κ2) is 5.70. The predicted molar refractivity (Wildman–Crippen MR) is 79.4 cm³/mol. The molecule has 0 saturated heterocycles. The molecule has 2 rings (SSSR count). The van der Waals surface area contributed by atoms with Crippen molar-refractivity contribution < 1.29 is 21.6 Å². The van der Waals surface area contributed by atoms with Crippen molar-refractivity contribution in [3.8, 4) is 5.69 Å². The van der Waals surface area contributed by atoms with E-state index in [4.69, 9.17) is 23.2 Å². The molecule has 2 aromatic rings. The summed E-state index contributed by atoms with van der Waals surface area (Å²) >= 11 is 14.7. The van der Waals surface area contributed by atoms with Crippen molar-refractivity contribution in [1.82, 2.24) is 9.78 Å². The Balaban J connectivity index is 2.65. The minimum Gasteiger partial charge on any atom is -0.235 e. The van der Waals surface area contributed by atoms with Crippen molar-refractivity contribution in [1.29, 1.82) is 0 Å². The van der Waals surface area contributed by atoms with Crippen LogP contribution in [0.3, 0.4) is 0 Å². The molecule has 11 heteroatoms. The SMILES string of the molecule is CS(=O)(=O)c1cn(-c2c(Cl)cc(C(F)(F)F)cc2Cl)nc1Br. The van der Waals surface area contributed by atoms with Crippen molar-refractivity contribution >= 4 is 49.0 Å². The van der Waals surface area contributed by atoms with E-state index >= 15 is 0 Å². The number of benzene rings is 1. The fourth-order valence-electron chi connectivity index (χ4n) is 1.65. The van der Waals surface area contributed by atoms with E-state index < -0.39 is 21.6 Å². The van der Waals surface area contributed by atoms with Gasteiger partial charge in [-0.1, -0.05) is 23.2 Å². The van der Waals surface area contributed by atoms with Crippen molar-refractivity contribution in [2.45, 2.75) is 11.1 Å². The summed E-state index contributed by atoms with van der Waals surface area (Å²) in [6.45, 7) is 0. The molecule has 0 radical (unpaired) electrons. The lowest BCUT2D eigenvalue weighted by molar-refractivity contribution is -0.137. The molecule has 0 bridgehead atoms. The van der Waals surface area contributed by atoms with Crippen molar-refractivity contribution in [2.75, 3.05) is 6.26 Å². The first-order valence-corrected chi connectivity index (χ1v) is 8.87. The molecule has 0 atom stereocenters. The van der Waals surface area contributed by atoms with Crippen LogP contribution >= 0.6 is 39.1 Å². The van der Waals surface area contributed by atoms with Gasteiger partial charge in [-0.25, -0.2) is 13.1 Å². The third kappa shape index (κ3) is 3.42. The zero-order chi connectivity index (χ0) is 16.9. The van der Waals surface area contributed by atoms with E-state index in [0.29, 0.717) is 12.1 Å². The zero-order valence-electron chi connectivity index (χ0n) is 10.6. The number of hydrogen-bond acceptors (Lipinski definition) is 3. The Labute approximate surface area is 141 Å². The largest absolute Gasteiger partial charge is 0.416 e. The highest BCUT2D eigenvalue weighted by atomic mass is 79.9. The smallest absolute Gasteiger partial charge is 0.235 e. The van der Waals surface area contributed by atoms with Gasteiger partial charge in [0.15, 0.2) is 9.84 Å². The quantitative estimate of drug-likeness (QED) is 0.701. The predicted octanol–water partition coefficient (Wildman–Crippen LogP) is 4.36. The summed E-state index contributed by atoms with van der Waals surface area (Å²) in [6, 6.07) is 1.39. The van der Waals surface area contributed by atoms with Crippen LogP contribution in [0.2, 0.25) is 10.0 Å². The molecule has 0 amide bonds. The minimum absolute atomic E-state index is 0.00188. The summed E-state index contributed by atoms with van der Waals surface area (Å²) in [4.78, 5) is -0.139.